The first kappa shape index (κ1) is 95.0. The van der Waals surface area contributed by atoms with E-state index in [0.29, 0.717) is 0 Å². The maximum absolute atomic E-state index is 12.0. The van der Waals surface area contributed by atoms with Crippen LogP contribution in [0, 0.1) is 0 Å². The average Bonchev–Trinajstić information content (AvgIpc) is 0.778. The molecule has 0 radical (unpaired) electrons. The lowest BCUT2D eigenvalue weighted by Crippen LogP contribution is -2.67. The molecule has 64 nitrogen and oxygen atoms in total. The Hall–Kier alpha value is -2.44. The molecule has 658 valence electrons. The van der Waals surface area contributed by atoms with E-state index in [1.807, 2.05) is 0 Å². The Labute approximate surface area is 621 Å². The van der Waals surface area contributed by atoms with Crippen LogP contribution < -0.4 is 0 Å². The van der Waals surface area contributed by atoms with E-state index in [1.54, 1.807) is 0 Å². The number of hydrogen-bond acceptors (Lipinski definition) is 60. The summed E-state index contributed by atoms with van der Waals surface area (Å²) in [5, 5.41) is 206. The predicted molar refractivity (Wildman–Crippen MR) is 302 cm³/mol. The van der Waals surface area contributed by atoms with E-state index in [9.17, 15) is 125 Å². The molecule has 8 rings (SSSR count). The predicted octanol–water partition coefficient (Wildman–Crippen LogP) is -12.5. The van der Waals surface area contributed by atoms with Gasteiger partial charge in [-0.3, -0.25) is 18.2 Å². The molecule has 35 atom stereocenters. The number of aliphatic hydroxyl groups excluding tert-OH is 9. The van der Waals surface area contributed by atoms with Crippen LogP contribution in [0.3, 0.4) is 0 Å². The first-order valence-electron chi connectivity index (χ1n) is 30.9. The van der Waals surface area contributed by atoms with Gasteiger partial charge in [-0.1, -0.05) is 40.3 Å². The molecule has 8 saturated heterocycles. The van der Waals surface area contributed by atoms with Crippen LogP contribution in [0.25, 0.3) is 0 Å². The second-order valence-electron chi connectivity index (χ2n) is 23.7. The van der Waals surface area contributed by atoms with Crippen molar-refractivity contribution in [3.05, 3.63) is 0 Å². The zero-order chi connectivity index (χ0) is 82.3. The molecule has 0 spiro atoms. The van der Waals surface area contributed by atoms with Crippen molar-refractivity contribution in [3.8, 4) is 0 Å². The lowest BCUT2D eigenvalue weighted by atomic mass is 9.97. The average molecular weight is 1760 g/mol. The number of hydrogen-bond donors (Lipinski definition) is 21. The molecule has 0 saturated carbocycles. The number of aliphatic hydroxyl groups is 9. The fourth-order valence-electron chi connectivity index (χ4n) is 11.9. The molecule has 8 aliphatic heterocycles. The summed E-state index contributed by atoms with van der Waals surface area (Å²) in [5.41, 5.74) is 0. The second-order valence-corrected chi connectivity index (χ2v) is 28.1. The minimum Gasteiger partial charge on any atom is -0.388 e. The van der Waals surface area contributed by atoms with Crippen LogP contribution in [0.15, 0.2) is 0 Å². The van der Waals surface area contributed by atoms with Crippen LogP contribution in [0.2, 0.25) is 0 Å². The van der Waals surface area contributed by atoms with E-state index in [4.69, 9.17) is 115 Å². The van der Waals surface area contributed by atoms with Crippen LogP contribution >= 0.6 is 0 Å². The van der Waals surface area contributed by atoms with Crippen molar-refractivity contribution in [1.82, 2.24) is 0 Å². The molecule has 0 aliphatic carbocycles. The Morgan fingerprint density at radius 2 is 0.464 bits per heavy atom. The molecule has 8 heterocycles. The zero-order valence-electron chi connectivity index (χ0n) is 55.2. The Morgan fingerprint density at radius 1 is 0.241 bits per heavy atom. The van der Waals surface area contributed by atoms with Crippen molar-refractivity contribution >= 4 is 41.6 Å². The minimum absolute atomic E-state index is 0.682. The third kappa shape index (κ3) is 25.6. The number of rotatable bonds is 42. The van der Waals surface area contributed by atoms with Gasteiger partial charge in [0.1, 0.15) is 128 Å². The van der Waals surface area contributed by atoms with E-state index in [1.165, 1.54) is 0 Å². The van der Waals surface area contributed by atoms with Gasteiger partial charge < -0.3 is 117 Å². The van der Waals surface area contributed by atoms with Gasteiger partial charge in [-0.2, -0.15) is 72.8 Å². The van der Waals surface area contributed by atoms with Crippen LogP contribution in [-0.2, 0) is 209 Å². The van der Waals surface area contributed by atoms with E-state index < -0.39 is 316 Å². The van der Waals surface area contributed by atoms with E-state index in [2.05, 4.69) is 66.8 Å². The molecule has 112 heavy (non-hydrogen) atoms. The summed E-state index contributed by atoms with van der Waals surface area (Å²) in [5.74, 6) is 0. The highest BCUT2D eigenvalue weighted by atomic mass is 32.3. The first-order valence-corrected chi connectivity index (χ1v) is 36.4. The molecule has 12 unspecified atom stereocenters. The van der Waals surface area contributed by atoms with Crippen molar-refractivity contribution in [3.63, 3.8) is 0 Å². The van der Waals surface area contributed by atoms with Gasteiger partial charge in [-0.25, -0.2) is 58.8 Å². The molecule has 0 bridgehead atoms. The highest BCUT2D eigenvalue weighted by Gasteiger charge is 2.60. The maximum Gasteiger partial charge on any atom is 0.397 e. The van der Waals surface area contributed by atoms with Crippen molar-refractivity contribution in [2.75, 3.05) is 59.5 Å². The highest BCUT2D eigenvalue weighted by molar-refractivity contribution is 7.81. The summed E-state index contributed by atoms with van der Waals surface area (Å²) >= 11 is 0. The third-order valence-corrected chi connectivity index (χ3v) is 18.7. The summed E-state index contributed by atoms with van der Waals surface area (Å²) in [4.78, 5) is 37.4. The Balaban J connectivity index is 0.967. The lowest BCUT2D eigenvalue weighted by molar-refractivity contribution is -0.547. The van der Waals surface area contributed by atoms with Crippen LogP contribution in [0.5, 0.6) is 0 Å². The molecule has 68 heteroatoms. The molecular weight excluding hydrogens is 1680 g/mol. The molecule has 8 fully saturated rings. The Bertz CT molecular complexity index is 3250. The molecular formula is C44H74O64S4. The molecule has 0 amide bonds. The molecule has 8 aliphatic rings. The van der Waals surface area contributed by atoms with Crippen LogP contribution in [0.1, 0.15) is 0 Å². The van der Waals surface area contributed by atoms with Crippen molar-refractivity contribution in [2.24, 2.45) is 0 Å². The normalized spacial score (nSPS) is 42.3. The van der Waals surface area contributed by atoms with Gasteiger partial charge in [0, 0.05) is 0 Å². The summed E-state index contributed by atoms with van der Waals surface area (Å²) in [6, 6.07) is 0. The van der Waals surface area contributed by atoms with E-state index in [0.717, 1.165) is 0 Å². The summed E-state index contributed by atoms with van der Waals surface area (Å²) in [6.07, 6.45) is -77.3. The Morgan fingerprint density at radius 3 is 0.732 bits per heavy atom. The van der Waals surface area contributed by atoms with Crippen molar-refractivity contribution < 1.29 is 307 Å². The van der Waals surface area contributed by atoms with Gasteiger partial charge in [0.05, 0.1) is 59.5 Å². The van der Waals surface area contributed by atoms with E-state index in [-0.39, 0.29) is 0 Å². The van der Waals surface area contributed by atoms with Gasteiger partial charge in [0.2, 0.25) is 0 Å². The first-order chi connectivity index (χ1) is 52.9. The van der Waals surface area contributed by atoms with Gasteiger partial charge in [-0.15, -0.1) is 0 Å². The maximum atomic E-state index is 12.0. The van der Waals surface area contributed by atoms with Crippen LogP contribution in [-0.4, -0.2) is 414 Å². The lowest BCUT2D eigenvalue weighted by Gasteiger charge is -2.48. The van der Waals surface area contributed by atoms with Gasteiger partial charge >= 0.3 is 41.6 Å². The monoisotopic (exact) mass is 1750 g/mol. The van der Waals surface area contributed by atoms with Crippen molar-refractivity contribution in [2.45, 2.75) is 215 Å². The minimum atomic E-state index is -5.57. The van der Waals surface area contributed by atoms with E-state index >= 15 is 0 Å². The van der Waals surface area contributed by atoms with Crippen LogP contribution in [0.4, 0.5) is 0 Å². The standard InChI is InChI=1S/C44H74O64S4/c45-10-1-75-38(31(19(10)46)94-102-55)90-28-16(7-80-110(65,66)67)86-42(35(24(28)51)98-106-59)84-12-3-77-40(33(21(12)48)96-104-57)92-30-18(9-82-112(71,72)73)88-44(37(26(30)53)100-108-61)85-13-4-78-41(34(22(13)49)97-105-58)91-29-17(8-81-111(68,69)70)87-43(36(25(29)52)99-107-60)83-11-2-76-39(32(20(11)47)95-103-56)89-27-15(6-79-109(62,63)64)74-5-14(23(27)50)93-101-54/h10-61H,1-9H2,(H,62,63,64)(H,65,66,67)(H,68,69,70)(H,71,72,73)/t10-,11-,12-,13-,14?,15?,16?,17?,18?,19-,20-,21-,22-,23-,24+,25+,26+,27-,28-,29-,30-,31?,32?,33?,34?,35?,36?,37?,38-,39-,40-,41-,42+,43+,44+/m1/s1. The second kappa shape index (κ2) is 43.2. The van der Waals surface area contributed by atoms with Gasteiger partial charge in [0.25, 0.3) is 0 Å². The third-order valence-electron chi connectivity index (χ3n) is 16.9. The zero-order valence-corrected chi connectivity index (χ0v) is 58.4. The SMILES string of the molecule is O=S(=O)(O)OCC1OCC(OOO)[C@@H](O)[C@@H]1O[C@H]1OC[C@@H](O[C@H]2OC(COS(=O)(=O)O)[C@@H](O[C@H]3OC[C@@H](O[C@H]4OC(COS(=O)(=O)O)[C@@H](O[C@H]5OC[C@@H](O[C@H]6OC(COS(=O)(=O)O)[C@@H](O[C@H]7OC[C@@H](O)[C@@H](O)C7OOO)[C@H](O)C6OOO)[C@@H](O)C5OOO)[C@H](O)C4OOO)[C@@H](O)C3OOO)[C@H](O)C2OOO)[C@@H](O)C1OOO. The quantitative estimate of drug-likeness (QED) is 0.0153. The summed E-state index contributed by atoms with van der Waals surface area (Å²) in [7, 11) is -21.7. The largest absolute Gasteiger partial charge is 0.397 e. The molecule has 0 aromatic carbocycles. The molecule has 21 N–H and O–H groups in total. The van der Waals surface area contributed by atoms with Gasteiger partial charge in [0.15, 0.2) is 86.8 Å². The smallest absolute Gasteiger partial charge is 0.388 e. The topological polar surface area (TPSA) is 884 Å². The fraction of sp³-hybridized carbons (Fsp3) is 1.00. The molecule has 0 aromatic heterocycles. The van der Waals surface area contributed by atoms with Gasteiger partial charge in [-0.05, 0) is 0 Å². The van der Waals surface area contributed by atoms with Crippen molar-refractivity contribution in [1.29, 1.82) is 0 Å². The Kier molecular flexibility index (Phi) is 36.6. The fourth-order valence-corrected chi connectivity index (χ4v) is 13.1. The summed E-state index contributed by atoms with van der Waals surface area (Å²) < 4.78 is 234. The summed E-state index contributed by atoms with van der Waals surface area (Å²) in [6.45, 7) is -10.1. The number of ether oxygens (including phenoxy) is 15. The molecule has 0 aromatic rings. The highest BCUT2D eigenvalue weighted by Crippen LogP contribution is 2.39.